The van der Waals surface area contributed by atoms with E-state index < -0.39 is 6.04 Å². The number of ketones is 1. The Balaban J connectivity index is 2.11. The van der Waals surface area contributed by atoms with Crippen molar-refractivity contribution >= 4 is 11.7 Å². The summed E-state index contributed by atoms with van der Waals surface area (Å²) >= 11 is 0. The first kappa shape index (κ1) is 20.8. The van der Waals surface area contributed by atoms with E-state index in [2.05, 4.69) is 10.6 Å². The van der Waals surface area contributed by atoms with Crippen molar-refractivity contribution in [1.82, 2.24) is 10.6 Å². The number of carbonyl (C=O) groups excluding carboxylic acids is 2. The normalized spacial score (nSPS) is 13.2. The van der Waals surface area contributed by atoms with Gasteiger partial charge in [0.25, 0.3) is 0 Å². The Labute approximate surface area is 162 Å². The van der Waals surface area contributed by atoms with Gasteiger partial charge in [-0.25, -0.2) is 0 Å². The van der Waals surface area contributed by atoms with Crippen molar-refractivity contribution in [3.05, 3.63) is 71.8 Å². The number of nitrogens with one attached hydrogen (secondary N) is 2. The molecule has 0 saturated carbocycles. The maximum absolute atomic E-state index is 13.0. The quantitative estimate of drug-likeness (QED) is 0.678. The highest BCUT2D eigenvalue weighted by atomic mass is 16.2. The molecule has 0 bridgehead atoms. The molecule has 2 aromatic carbocycles. The van der Waals surface area contributed by atoms with Crippen LogP contribution in [0, 0.1) is 0 Å². The fraction of sp³-hybridized carbons (Fsp3) is 0.391. The lowest BCUT2D eigenvalue weighted by atomic mass is 9.99. The third kappa shape index (κ3) is 6.99. The van der Waals surface area contributed by atoms with Crippen LogP contribution in [0.5, 0.6) is 0 Å². The highest BCUT2D eigenvalue weighted by molar-refractivity contribution is 5.91. The van der Waals surface area contributed by atoms with Gasteiger partial charge < -0.3 is 10.6 Å². The molecule has 0 radical (unpaired) electrons. The summed E-state index contributed by atoms with van der Waals surface area (Å²) in [6.07, 6.45) is 1.50. The maximum Gasteiger partial charge on any atom is 0.238 e. The number of Topliss-reactive ketones (excluding diaryl/α,β-unsaturated/α-hetero) is 1. The van der Waals surface area contributed by atoms with E-state index >= 15 is 0 Å². The van der Waals surface area contributed by atoms with Gasteiger partial charge in [-0.3, -0.25) is 9.59 Å². The van der Waals surface area contributed by atoms with Crippen LogP contribution in [0.2, 0.25) is 0 Å². The van der Waals surface area contributed by atoms with Crippen LogP contribution in [0.15, 0.2) is 60.7 Å². The molecular formula is C23H30N2O2. The van der Waals surface area contributed by atoms with Crippen molar-refractivity contribution in [3.8, 4) is 0 Å². The molecule has 0 aromatic heterocycles. The first-order valence-corrected chi connectivity index (χ1v) is 9.66. The minimum absolute atomic E-state index is 0.0511. The maximum atomic E-state index is 13.0. The highest BCUT2D eigenvalue weighted by Crippen LogP contribution is 2.08. The Morgan fingerprint density at radius 1 is 0.815 bits per heavy atom. The molecule has 0 saturated heterocycles. The molecule has 2 unspecified atom stereocenters. The van der Waals surface area contributed by atoms with Gasteiger partial charge in [-0.15, -0.1) is 0 Å². The van der Waals surface area contributed by atoms with Gasteiger partial charge in [-0.2, -0.15) is 0 Å². The molecule has 2 atom stereocenters. The average Bonchev–Trinajstić information content (AvgIpc) is 2.67. The largest absolute Gasteiger partial charge is 0.345 e. The second-order valence-electron chi connectivity index (χ2n) is 7.13. The molecule has 0 aliphatic carbocycles. The second kappa shape index (κ2) is 10.6. The van der Waals surface area contributed by atoms with E-state index in [0.717, 1.165) is 11.1 Å². The molecule has 0 spiro atoms. The van der Waals surface area contributed by atoms with E-state index in [0.29, 0.717) is 19.3 Å². The Bertz CT molecular complexity index is 714. The third-order valence-corrected chi connectivity index (χ3v) is 4.47. The number of hydrogen-bond donors (Lipinski definition) is 2. The topological polar surface area (TPSA) is 58.2 Å². The van der Waals surface area contributed by atoms with Gasteiger partial charge in [0.05, 0.1) is 12.1 Å². The standard InChI is InChI=1S/C23H30N2O2/c1-4-22(26)20(15-18-11-7-5-8-12-18)25-23(27)21(24-17(2)3)16-19-13-9-6-10-14-19/h5-14,17,20-21,24H,4,15-16H2,1-3H3,(H,25,27). The Morgan fingerprint density at radius 3 is 1.74 bits per heavy atom. The molecule has 27 heavy (non-hydrogen) atoms. The molecule has 0 heterocycles. The van der Waals surface area contributed by atoms with Crippen molar-refractivity contribution in [2.45, 2.75) is 58.2 Å². The lowest BCUT2D eigenvalue weighted by molar-refractivity contribution is -0.129. The van der Waals surface area contributed by atoms with Crippen molar-refractivity contribution < 1.29 is 9.59 Å². The molecule has 4 nitrogen and oxygen atoms in total. The van der Waals surface area contributed by atoms with Gasteiger partial charge in [-0.05, 0) is 24.0 Å². The van der Waals surface area contributed by atoms with Crippen molar-refractivity contribution in [1.29, 1.82) is 0 Å². The van der Waals surface area contributed by atoms with E-state index in [1.807, 2.05) is 81.4 Å². The lowest BCUT2D eigenvalue weighted by Gasteiger charge is -2.24. The minimum Gasteiger partial charge on any atom is -0.345 e. The molecule has 0 fully saturated rings. The van der Waals surface area contributed by atoms with Crippen LogP contribution < -0.4 is 10.6 Å². The molecule has 2 N–H and O–H groups in total. The predicted molar refractivity (Wildman–Crippen MR) is 110 cm³/mol. The number of rotatable bonds is 10. The molecule has 1 amide bonds. The molecule has 4 heteroatoms. The van der Waals surface area contributed by atoms with Gasteiger partial charge in [0.2, 0.25) is 5.91 Å². The summed E-state index contributed by atoms with van der Waals surface area (Å²) in [6, 6.07) is 19.0. The SMILES string of the molecule is CCC(=O)C(Cc1ccccc1)NC(=O)C(Cc1ccccc1)NC(C)C. The van der Waals surface area contributed by atoms with E-state index in [9.17, 15) is 9.59 Å². The second-order valence-corrected chi connectivity index (χ2v) is 7.13. The number of hydrogen-bond acceptors (Lipinski definition) is 3. The Kier molecular flexibility index (Phi) is 8.21. The van der Waals surface area contributed by atoms with Crippen LogP contribution in [0.3, 0.4) is 0 Å². The zero-order valence-corrected chi connectivity index (χ0v) is 16.4. The minimum atomic E-state index is -0.503. The summed E-state index contributed by atoms with van der Waals surface area (Å²) in [5, 5.41) is 6.32. The van der Waals surface area contributed by atoms with Gasteiger partial charge in [-0.1, -0.05) is 81.4 Å². The van der Waals surface area contributed by atoms with E-state index in [1.54, 1.807) is 0 Å². The van der Waals surface area contributed by atoms with Crippen LogP contribution in [-0.4, -0.2) is 29.8 Å². The first-order valence-electron chi connectivity index (χ1n) is 9.66. The lowest BCUT2D eigenvalue weighted by Crippen LogP contribution is -2.53. The van der Waals surface area contributed by atoms with Gasteiger partial charge in [0.15, 0.2) is 5.78 Å². The average molecular weight is 367 g/mol. The summed E-state index contributed by atoms with van der Waals surface area (Å²) in [5.74, 6) is -0.0782. The summed E-state index contributed by atoms with van der Waals surface area (Å²) in [5.41, 5.74) is 2.13. The molecule has 0 aliphatic heterocycles. The van der Waals surface area contributed by atoms with E-state index in [4.69, 9.17) is 0 Å². The van der Waals surface area contributed by atoms with Crippen LogP contribution >= 0.6 is 0 Å². The Hall–Kier alpha value is -2.46. The van der Waals surface area contributed by atoms with Gasteiger partial charge in [0.1, 0.15) is 0 Å². The van der Waals surface area contributed by atoms with Crippen molar-refractivity contribution in [2.24, 2.45) is 0 Å². The van der Waals surface area contributed by atoms with Crippen molar-refractivity contribution in [3.63, 3.8) is 0 Å². The smallest absolute Gasteiger partial charge is 0.238 e. The molecule has 2 aromatic rings. The molecule has 144 valence electrons. The number of carbonyl (C=O) groups is 2. The molecular weight excluding hydrogens is 336 g/mol. The number of amides is 1. The Morgan fingerprint density at radius 2 is 1.30 bits per heavy atom. The predicted octanol–water partition coefficient (Wildman–Crippen LogP) is 3.30. The van der Waals surface area contributed by atoms with Crippen LogP contribution in [0.4, 0.5) is 0 Å². The molecule has 2 rings (SSSR count). The number of benzene rings is 2. The highest BCUT2D eigenvalue weighted by Gasteiger charge is 2.25. The zero-order valence-electron chi connectivity index (χ0n) is 16.4. The summed E-state index contributed by atoms with van der Waals surface area (Å²) in [4.78, 5) is 25.4. The summed E-state index contributed by atoms with van der Waals surface area (Å²) in [6.45, 7) is 5.87. The van der Waals surface area contributed by atoms with Crippen molar-refractivity contribution in [2.75, 3.05) is 0 Å². The zero-order chi connectivity index (χ0) is 19.6. The van der Waals surface area contributed by atoms with Gasteiger partial charge >= 0.3 is 0 Å². The van der Waals surface area contributed by atoms with Crippen LogP contribution in [-0.2, 0) is 22.4 Å². The van der Waals surface area contributed by atoms with Crippen LogP contribution in [0.25, 0.3) is 0 Å². The fourth-order valence-corrected chi connectivity index (χ4v) is 3.09. The van der Waals surface area contributed by atoms with Crippen LogP contribution in [0.1, 0.15) is 38.3 Å². The van der Waals surface area contributed by atoms with Gasteiger partial charge in [0, 0.05) is 12.5 Å². The first-order chi connectivity index (χ1) is 13.0. The molecule has 0 aliphatic rings. The monoisotopic (exact) mass is 366 g/mol. The van der Waals surface area contributed by atoms with E-state index in [-0.39, 0.29) is 23.8 Å². The summed E-state index contributed by atoms with van der Waals surface area (Å²) in [7, 11) is 0. The third-order valence-electron chi connectivity index (χ3n) is 4.47. The summed E-state index contributed by atoms with van der Waals surface area (Å²) < 4.78 is 0. The van der Waals surface area contributed by atoms with E-state index in [1.165, 1.54) is 0 Å². The fourth-order valence-electron chi connectivity index (χ4n) is 3.09.